The molecule has 51 heavy (non-hydrogen) atoms. The summed E-state index contributed by atoms with van der Waals surface area (Å²) < 4.78 is 30.1. The molecule has 6 aromatic rings. The van der Waals surface area contributed by atoms with Gasteiger partial charge in [-0.2, -0.15) is 0 Å². The van der Waals surface area contributed by atoms with Gasteiger partial charge in [-0.3, -0.25) is 0 Å². The number of allylic oxidation sites excluding steroid dienone is 1. The van der Waals surface area contributed by atoms with Crippen LogP contribution in [0.5, 0.6) is 17.2 Å². The lowest BCUT2D eigenvalue weighted by atomic mass is 9.91. The predicted molar refractivity (Wildman–Crippen MR) is 204 cm³/mol. The fourth-order valence-electron chi connectivity index (χ4n) is 6.96. The van der Waals surface area contributed by atoms with Crippen molar-refractivity contribution < 1.29 is 23.0 Å². The normalized spacial score (nSPS) is 13.3. The topological polar surface area (TPSA) is 82.1 Å². The molecule has 0 spiro atoms. The minimum absolute atomic E-state index is 0.219. The minimum Gasteiger partial charge on any atom is -0.497 e. The third-order valence-electron chi connectivity index (χ3n) is 9.65. The SMILES string of the molecule is CCCCC(CCCC)Oc1cc(C)c(C(=C2C=c3oc(-c4ccc(OC)cc4)cc3=N2)c2cc3oc(-c4ccc(OC)cc4)cc3[nH]2)c(C)c1. The molecule has 7 nitrogen and oxygen atoms in total. The Labute approximate surface area is 299 Å². The Bertz CT molecular complexity index is 2200. The summed E-state index contributed by atoms with van der Waals surface area (Å²) in [7, 11) is 3.33. The minimum atomic E-state index is 0.219. The van der Waals surface area contributed by atoms with Crippen LogP contribution in [0.1, 0.15) is 74.8 Å². The molecule has 0 fully saturated rings. The van der Waals surface area contributed by atoms with Crippen molar-refractivity contribution in [3.05, 3.63) is 118 Å². The van der Waals surface area contributed by atoms with Gasteiger partial charge in [0.2, 0.25) is 0 Å². The number of ether oxygens (including phenoxy) is 3. The van der Waals surface area contributed by atoms with E-state index in [1.165, 1.54) is 25.7 Å². The van der Waals surface area contributed by atoms with E-state index in [1.807, 2.05) is 66.7 Å². The zero-order valence-electron chi connectivity index (χ0n) is 30.4. The van der Waals surface area contributed by atoms with Crippen LogP contribution in [-0.4, -0.2) is 25.3 Å². The van der Waals surface area contributed by atoms with E-state index in [-0.39, 0.29) is 6.10 Å². The van der Waals surface area contributed by atoms with Gasteiger partial charge in [-0.15, -0.1) is 0 Å². The Morgan fingerprint density at radius 3 is 1.84 bits per heavy atom. The first-order valence-electron chi connectivity index (χ1n) is 18.0. The average Bonchev–Trinajstić information content (AvgIpc) is 3.92. The monoisotopic (exact) mass is 682 g/mol. The smallest absolute Gasteiger partial charge is 0.155 e. The number of nitrogens with zero attached hydrogens (tertiary/aromatic N) is 1. The quantitative estimate of drug-likeness (QED) is 0.124. The second-order valence-corrected chi connectivity index (χ2v) is 13.4. The lowest BCUT2D eigenvalue weighted by molar-refractivity contribution is 0.174. The van der Waals surface area contributed by atoms with Crippen molar-refractivity contribution in [3.8, 4) is 39.9 Å². The van der Waals surface area contributed by atoms with Crippen LogP contribution >= 0.6 is 0 Å². The molecule has 7 rings (SSSR count). The molecule has 0 bridgehead atoms. The van der Waals surface area contributed by atoms with Gasteiger partial charge in [0.15, 0.2) is 11.0 Å². The number of rotatable bonds is 14. The Morgan fingerprint density at radius 2 is 1.31 bits per heavy atom. The van der Waals surface area contributed by atoms with Gasteiger partial charge in [-0.25, -0.2) is 4.99 Å². The molecule has 0 atom stereocenters. The lowest BCUT2D eigenvalue weighted by Crippen LogP contribution is -2.17. The zero-order valence-corrected chi connectivity index (χ0v) is 30.4. The second kappa shape index (κ2) is 14.8. The molecule has 0 saturated heterocycles. The van der Waals surface area contributed by atoms with Crippen molar-refractivity contribution in [2.75, 3.05) is 14.2 Å². The first-order valence-corrected chi connectivity index (χ1v) is 18.0. The summed E-state index contributed by atoms with van der Waals surface area (Å²) in [6.07, 6.45) is 9.07. The third kappa shape index (κ3) is 7.11. The van der Waals surface area contributed by atoms with Crippen LogP contribution in [0.15, 0.2) is 98.4 Å². The summed E-state index contributed by atoms with van der Waals surface area (Å²) >= 11 is 0. The summed E-state index contributed by atoms with van der Waals surface area (Å²) in [4.78, 5) is 8.82. The molecule has 1 aliphatic heterocycles. The number of furan rings is 2. The van der Waals surface area contributed by atoms with Crippen LogP contribution < -0.4 is 25.0 Å². The van der Waals surface area contributed by atoms with E-state index in [1.54, 1.807) is 14.2 Å². The third-order valence-corrected chi connectivity index (χ3v) is 9.65. The van der Waals surface area contributed by atoms with Crippen LogP contribution in [0.4, 0.5) is 0 Å². The Hall–Kier alpha value is -5.43. The van der Waals surface area contributed by atoms with Gasteiger partial charge in [0.25, 0.3) is 0 Å². The molecule has 0 aliphatic carbocycles. The Balaban J connectivity index is 1.30. The van der Waals surface area contributed by atoms with Gasteiger partial charge in [0.1, 0.15) is 34.1 Å². The number of aryl methyl sites for hydroxylation is 2. The van der Waals surface area contributed by atoms with Crippen LogP contribution in [0, 0.1) is 13.8 Å². The zero-order chi connectivity index (χ0) is 35.5. The summed E-state index contributed by atoms with van der Waals surface area (Å²) in [5.41, 5.74) is 10.4. The average molecular weight is 683 g/mol. The number of aromatic nitrogens is 1. The van der Waals surface area contributed by atoms with Crippen molar-refractivity contribution in [2.45, 2.75) is 72.3 Å². The highest BCUT2D eigenvalue weighted by Gasteiger charge is 2.23. The number of benzene rings is 3. The summed E-state index contributed by atoms with van der Waals surface area (Å²) in [6.45, 7) is 8.79. The Kier molecular flexibility index (Phi) is 9.89. The molecule has 3 aromatic carbocycles. The van der Waals surface area contributed by atoms with Crippen molar-refractivity contribution >= 4 is 22.7 Å². The van der Waals surface area contributed by atoms with E-state index < -0.39 is 0 Å². The molecule has 3 aromatic heterocycles. The van der Waals surface area contributed by atoms with Crippen LogP contribution in [0.25, 0.3) is 45.4 Å². The van der Waals surface area contributed by atoms with Gasteiger partial charge < -0.3 is 28.0 Å². The van der Waals surface area contributed by atoms with Crippen molar-refractivity contribution in [3.63, 3.8) is 0 Å². The highest BCUT2D eigenvalue weighted by molar-refractivity contribution is 5.93. The maximum Gasteiger partial charge on any atom is 0.155 e. The molecule has 0 amide bonds. The number of hydrogen-bond donors (Lipinski definition) is 1. The molecule has 262 valence electrons. The summed E-state index contributed by atoms with van der Waals surface area (Å²) in [5.74, 6) is 4.08. The maximum atomic E-state index is 6.66. The van der Waals surface area contributed by atoms with E-state index in [2.05, 4.69) is 50.9 Å². The molecule has 0 unspecified atom stereocenters. The summed E-state index contributed by atoms with van der Waals surface area (Å²) in [5, 5.41) is 0.801. The van der Waals surface area contributed by atoms with E-state index in [4.69, 9.17) is 28.0 Å². The predicted octanol–water partition coefficient (Wildman–Crippen LogP) is 10.3. The Morgan fingerprint density at radius 1 is 0.725 bits per heavy atom. The van der Waals surface area contributed by atoms with Gasteiger partial charge in [-0.05, 0) is 104 Å². The number of unbranched alkanes of at least 4 members (excludes halogenated alkanes) is 2. The number of nitrogens with one attached hydrogen (secondary N) is 1. The molecule has 0 radical (unpaired) electrons. The van der Waals surface area contributed by atoms with Crippen molar-refractivity contribution in [1.29, 1.82) is 0 Å². The molecule has 1 aliphatic rings. The number of fused-ring (bicyclic) bond motifs is 2. The molecule has 1 N–H and O–H groups in total. The number of hydrogen-bond acceptors (Lipinski definition) is 6. The molecule has 7 heteroatoms. The highest BCUT2D eigenvalue weighted by Crippen LogP contribution is 2.38. The summed E-state index contributed by atoms with van der Waals surface area (Å²) in [6, 6.07) is 26.2. The van der Waals surface area contributed by atoms with Gasteiger partial charge in [-0.1, -0.05) is 39.5 Å². The van der Waals surface area contributed by atoms with Gasteiger partial charge >= 0.3 is 0 Å². The van der Waals surface area contributed by atoms with Crippen molar-refractivity contribution in [2.24, 2.45) is 4.99 Å². The highest BCUT2D eigenvalue weighted by atomic mass is 16.5. The first-order chi connectivity index (χ1) is 24.9. The maximum absolute atomic E-state index is 6.66. The lowest BCUT2D eigenvalue weighted by Gasteiger charge is -2.22. The van der Waals surface area contributed by atoms with Crippen molar-refractivity contribution in [1.82, 2.24) is 4.98 Å². The molecular weight excluding hydrogens is 636 g/mol. The van der Waals surface area contributed by atoms with Crippen LogP contribution in [0.3, 0.4) is 0 Å². The number of H-pyrrole nitrogens is 1. The van der Waals surface area contributed by atoms with Gasteiger partial charge in [0, 0.05) is 41.0 Å². The fraction of sp³-hybridized carbons (Fsp3) is 0.295. The van der Waals surface area contributed by atoms with Crippen LogP contribution in [-0.2, 0) is 0 Å². The molecule has 0 saturated carbocycles. The largest absolute Gasteiger partial charge is 0.497 e. The van der Waals surface area contributed by atoms with E-state index in [9.17, 15) is 0 Å². The number of aromatic amines is 1. The van der Waals surface area contributed by atoms with Gasteiger partial charge in [0.05, 0.1) is 37.2 Å². The van der Waals surface area contributed by atoms with E-state index in [0.717, 1.165) is 108 Å². The molecule has 4 heterocycles. The van der Waals surface area contributed by atoms with Crippen LogP contribution in [0.2, 0.25) is 0 Å². The fourth-order valence-corrected chi connectivity index (χ4v) is 6.96. The first kappa shape index (κ1) is 34.0. The number of methoxy groups -OCH3 is 2. The van der Waals surface area contributed by atoms with E-state index >= 15 is 0 Å². The standard InChI is InChI=1S/C44H46N2O5/c1-7-9-11-33(12-10-8-2)49-34-21-27(3)43(28(4)22-34)44(37-25-41-35(45-37)23-39(50-41)29-13-17-31(47-5)18-14-29)38-26-42-36(46-38)24-40(51-42)30-15-19-32(48-6)20-16-30/h13-26,33,45H,7-12H2,1-6H3. The van der Waals surface area contributed by atoms with E-state index in [0.29, 0.717) is 0 Å². The second-order valence-electron chi connectivity index (χ2n) is 13.4. The molecular formula is C44H46N2O5.